The van der Waals surface area contributed by atoms with Crippen LogP contribution >= 0.6 is 0 Å². The van der Waals surface area contributed by atoms with Crippen LogP contribution in [0.2, 0.25) is 0 Å². The van der Waals surface area contributed by atoms with Crippen molar-refractivity contribution in [3.05, 3.63) is 90.4 Å². The predicted molar refractivity (Wildman–Crippen MR) is 139 cm³/mol. The minimum atomic E-state index is -1.18. The standard InChI is InChI=1S/C30H42NO3/c1-5-28(24-31(3,4)22-15-23-33-29-20-13-8-14-21-29)34-25(2)30(32,26-16-9-6-10-17-26)27-18-11-7-12-19-27/h5-6,8-10,13-14,16-17,20-21,27,32H,2,7,11-12,15,18-19,22-24H2,1,3-4H3/q+1/t30-/m0/s1. The van der Waals surface area contributed by atoms with Gasteiger partial charge in [0, 0.05) is 6.42 Å². The molecule has 3 rings (SSSR count). The van der Waals surface area contributed by atoms with Crippen LogP contribution in [-0.2, 0) is 10.3 Å². The molecule has 184 valence electrons. The Kier molecular flexibility index (Phi) is 9.37. The number of hydrogen-bond acceptors (Lipinski definition) is 3. The Bertz CT molecular complexity index is 917. The largest absolute Gasteiger partial charge is 0.493 e. The quantitative estimate of drug-likeness (QED) is 0.223. The summed E-state index contributed by atoms with van der Waals surface area (Å²) in [5.41, 5.74) is -0.314. The summed E-state index contributed by atoms with van der Waals surface area (Å²) in [5, 5.41) is 12.0. The van der Waals surface area contributed by atoms with Gasteiger partial charge in [0.15, 0.2) is 5.76 Å². The third kappa shape index (κ3) is 6.97. The second-order valence-corrected chi connectivity index (χ2v) is 10.1. The Morgan fingerprint density at radius 1 is 1.03 bits per heavy atom. The van der Waals surface area contributed by atoms with Crippen molar-refractivity contribution in [3.8, 4) is 5.75 Å². The number of likely N-dealkylation sites (N-methyl/N-ethyl adjacent to an activating group) is 1. The first-order valence-electron chi connectivity index (χ1n) is 12.7. The first-order chi connectivity index (χ1) is 16.3. The van der Waals surface area contributed by atoms with E-state index in [1.54, 1.807) is 0 Å². The molecule has 0 aliphatic heterocycles. The molecule has 4 nitrogen and oxygen atoms in total. The van der Waals surface area contributed by atoms with Crippen molar-refractivity contribution < 1.29 is 19.1 Å². The predicted octanol–water partition coefficient (Wildman–Crippen LogP) is 6.43. The van der Waals surface area contributed by atoms with E-state index in [0.29, 0.717) is 12.4 Å². The summed E-state index contributed by atoms with van der Waals surface area (Å²) in [6.45, 7) is 8.60. The van der Waals surface area contributed by atoms with E-state index in [9.17, 15) is 5.11 Å². The Labute approximate surface area is 206 Å². The van der Waals surface area contributed by atoms with Gasteiger partial charge in [-0.15, -0.1) is 0 Å². The zero-order valence-electron chi connectivity index (χ0n) is 21.2. The minimum Gasteiger partial charge on any atom is -0.493 e. The van der Waals surface area contributed by atoms with Crippen LogP contribution in [0.5, 0.6) is 5.75 Å². The molecule has 1 saturated carbocycles. The molecule has 0 unspecified atom stereocenters. The molecule has 0 heterocycles. The zero-order chi connectivity index (χ0) is 24.4. The topological polar surface area (TPSA) is 38.7 Å². The van der Waals surface area contributed by atoms with Gasteiger partial charge in [0.1, 0.15) is 23.7 Å². The van der Waals surface area contributed by atoms with E-state index >= 15 is 0 Å². The molecule has 4 heteroatoms. The number of ether oxygens (including phenoxy) is 2. The summed E-state index contributed by atoms with van der Waals surface area (Å²) in [6, 6.07) is 19.9. The van der Waals surface area contributed by atoms with Crippen LogP contribution in [-0.4, -0.2) is 43.4 Å². The fraction of sp³-hybridized carbons (Fsp3) is 0.467. The lowest BCUT2D eigenvalue weighted by Gasteiger charge is -2.40. The van der Waals surface area contributed by atoms with Crippen LogP contribution in [0.4, 0.5) is 0 Å². The van der Waals surface area contributed by atoms with Crippen molar-refractivity contribution in [2.75, 3.05) is 33.8 Å². The molecule has 1 N–H and O–H groups in total. The Morgan fingerprint density at radius 2 is 1.65 bits per heavy atom. The number of allylic oxidation sites excluding steroid dienone is 1. The molecule has 0 amide bonds. The van der Waals surface area contributed by atoms with E-state index in [1.165, 1.54) is 6.42 Å². The average Bonchev–Trinajstić information content (AvgIpc) is 2.87. The van der Waals surface area contributed by atoms with Crippen molar-refractivity contribution in [3.63, 3.8) is 0 Å². The van der Waals surface area contributed by atoms with Crippen molar-refractivity contribution in [2.24, 2.45) is 5.92 Å². The summed E-state index contributed by atoms with van der Waals surface area (Å²) in [5.74, 6) is 2.30. The van der Waals surface area contributed by atoms with Gasteiger partial charge in [0.25, 0.3) is 0 Å². The number of hydrogen-bond donors (Lipinski definition) is 1. The van der Waals surface area contributed by atoms with Gasteiger partial charge in [-0.1, -0.05) is 74.4 Å². The highest BCUT2D eigenvalue weighted by Crippen LogP contribution is 2.44. The fourth-order valence-electron chi connectivity index (χ4n) is 4.96. The number of quaternary nitrogens is 1. The third-order valence-electron chi connectivity index (χ3n) is 6.91. The molecule has 0 aromatic heterocycles. The maximum Gasteiger partial charge on any atom is 0.154 e. The third-order valence-corrected chi connectivity index (χ3v) is 6.91. The van der Waals surface area contributed by atoms with Crippen molar-refractivity contribution in [1.82, 2.24) is 0 Å². The molecule has 1 aliphatic rings. The highest BCUT2D eigenvalue weighted by molar-refractivity contribution is 5.31. The lowest BCUT2D eigenvalue weighted by Crippen LogP contribution is -2.44. The van der Waals surface area contributed by atoms with Crippen LogP contribution in [0.15, 0.2) is 84.8 Å². The smallest absolute Gasteiger partial charge is 0.154 e. The first kappa shape index (κ1) is 26.1. The van der Waals surface area contributed by atoms with Crippen LogP contribution in [0.3, 0.4) is 0 Å². The van der Waals surface area contributed by atoms with Crippen LogP contribution in [0.25, 0.3) is 0 Å². The Balaban J connectivity index is 1.62. The van der Waals surface area contributed by atoms with Crippen molar-refractivity contribution in [2.45, 2.75) is 51.0 Å². The molecule has 2 aromatic rings. The van der Waals surface area contributed by atoms with Crippen LogP contribution in [0.1, 0.15) is 51.0 Å². The molecule has 34 heavy (non-hydrogen) atoms. The summed E-state index contributed by atoms with van der Waals surface area (Å²) in [7, 11) is 4.39. The normalized spacial score (nSPS) is 17.1. The van der Waals surface area contributed by atoms with Gasteiger partial charge in [-0.2, -0.15) is 0 Å². The molecule has 1 atom stereocenters. The molecular weight excluding hydrogens is 422 g/mol. The second kappa shape index (κ2) is 12.2. The molecule has 1 aliphatic carbocycles. The highest BCUT2D eigenvalue weighted by atomic mass is 16.5. The summed E-state index contributed by atoms with van der Waals surface area (Å²) in [6.07, 6.45) is 8.42. The van der Waals surface area contributed by atoms with E-state index in [4.69, 9.17) is 9.47 Å². The number of benzene rings is 2. The molecule has 0 radical (unpaired) electrons. The SMILES string of the molecule is C=C(OC(=CC)C[N+](C)(C)CCCOc1ccccc1)[C@](O)(c1ccccc1)C1CCCCC1. The zero-order valence-corrected chi connectivity index (χ0v) is 21.2. The van der Waals surface area contributed by atoms with Crippen LogP contribution in [0, 0.1) is 5.92 Å². The van der Waals surface area contributed by atoms with E-state index in [0.717, 1.165) is 66.7 Å². The van der Waals surface area contributed by atoms with E-state index in [-0.39, 0.29) is 5.92 Å². The van der Waals surface area contributed by atoms with Gasteiger partial charge in [-0.05, 0) is 49.5 Å². The maximum absolute atomic E-state index is 12.0. The lowest BCUT2D eigenvalue weighted by atomic mass is 9.72. The molecule has 2 aromatic carbocycles. The van der Waals surface area contributed by atoms with Gasteiger partial charge in [-0.3, -0.25) is 0 Å². The maximum atomic E-state index is 12.0. The Hall–Kier alpha value is -2.56. The molecule has 0 spiro atoms. The number of para-hydroxylation sites is 1. The van der Waals surface area contributed by atoms with E-state index < -0.39 is 5.60 Å². The fourth-order valence-corrected chi connectivity index (χ4v) is 4.96. The summed E-state index contributed by atoms with van der Waals surface area (Å²) >= 11 is 0. The minimum absolute atomic E-state index is 0.117. The highest BCUT2D eigenvalue weighted by Gasteiger charge is 2.43. The van der Waals surface area contributed by atoms with Gasteiger partial charge in [-0.25, -0.2) is 0 Å². The van der Waals surface area contributed by atoms with Gasteiger partial charge in [0.05, 0.1) is 27.2 Å². The number of aliphatic hydroxyl groups is 1. The monoisotopic (exact) mass is 464 g/mol. The average molecular weight is 465 g/mol. The lowest BCUT2D eigenvalue weighted by molar-refractivity contribution is -0.887. The Morgan fingerprint density at radius 3 is 2.26 bits per heavy atom. The summed E-state index contributed by atoms with van der Waals surface area (Å²) in [4.78, 5) is 0. The number of nitrogens with zero attached hydrogens (tertiary/aromatic N) is 1. The molecule has 1 fully saturated rings. The molecule has 0 bridgehead atoms. The molecule has 0 saturated heterocycles. The van der Waals surface area contributed by atoms with Gasteiger partial charge in [0.2, 0.25) is 0 Å². The van der Waals surface area contributed by atoms with Crippen LogP contribution < -0.4 is 4.74 Å². The summed E-state index contributed by atoms with van der Waals surface area (Å²) < 4.78 is 13.0. The van der Waals surface area contributed by atoms with Crippen molar-refractivity contribution in [1.29, 1.82) is 0 Å². The second-order valence-electron chi connectivity index (χ2n) is 10.1. The van der Waals surface area contributed by atoms with Gasteiger partial charge < -0.3 is 19.1 Å². The molecular formula is C30H42NO3+. The van der Waals surface area contributed by atoms with E-state index in [2.05, 4.69) is 20.7 Å². The van der Waals surface area contributed by atoms with E-state index in [1.807, 2.05) is 73.7 Å². The van der Waals surface area contributed by atoms with Gasteiger partial charge >= 0.3 is 0 Å². The first-order valence-corrected chi connectivity index (χ1v) is 12.7. The number of rotatable bonds is 12. The van der Waals surface area contributed by atoms with Crippen molar-refractivity contribution >= 4 is 0 Å².